The Labute approximate surface area is 164 Å². The van der Waals surface area contributed by atoms with Crippen LogP contribution in [0, 0.1) is 11.8 Å². The van der Waals surface area contributed by atoms with Gasteiger partial charge in [-0.05, 0) is 49.4 Å². The van der Waals surface area contributed by atoms with Gasteiger partial charge >= 0.3 is 0 Å². The maximum atomic E-state index is 13.5. The minimum Gasteiger partial charge on any atom is -0.335 e. The molecule has 5 heterocycles. The van der Waals surface area contributed by atoms with Gasteiger partial charge < -0.3 is 9.42 Å². The van der Waals surface area contributed by atoms with Crippen LogP contribution in [-0.2, 0) is 6.42 Å². The van der Waals surface area contributed by atoms with E-state index in [1.54, 1.807) is 0 Å². The van der Waals surface area contributed by atoms with Crippen LogP contribution in [0.4, 0.5) is 8.78 Å². The minimum absolute atomic E-state index is 0.0805. The quantitative estimate of drug-likeness (QED) is 0.618. The van der Waals surface area contributed by atoms with E-state index >= 15 is 0 Å². The number of fused-ring (bicyclic) bond motifs is 2. The highest BCUT2D eigenvalue weighted by Gasteiger charge is 2.37. The number of aryl methyl sites for hydroxylation is 1. The van der Waals surface area contributed by atoms with Crippen LogP contribution in [0.2, 0.25) is 0 Å². The van der Waals surface area contributed by atoms with Crippen molar-refractivity contribution in [3.05, 3.63) is 59.3 Å². The second kappa shape index (κ2) is 6.98. The van der Waals surface area contributed by atoms with Crippen molar-refractivity contribution in [2.75, 3.05) is 6.54 Å². The fourth-order valence-electron chi connectivity index (χ4n) is 4.14. The number of hydrogen-bond donors (Lipinski definition) is 0. The van der Waals surface area contributed by atoms with Gasteiger partial charge in [0.2, 0.25) is 5.95 Å². The van der Waals surface area contributed by atoms with E-state index in [1.165, 1.54) is 24.4 Å². The number of nitrogens with zero attached hydrogens (tertiary/aromatic N) is 5. The summed E-state index contributed by atoms with van der Waals surface area (Å²) in [5, 5.41) is 4.06. The molecule has 1 fully saturated rings. The molecular formula is C20H17F2N5O2. The molecule has 0 aromatic carbocycles. The molecule has 3 aromatic heterocycles. The van der Waals surface area contributed by atoms with Crippen LogP contribution in [0.1, 0.15) is 46.9 Å². The zero-order chi connectivity index (χ0) is 20.0. The predicted octanol–water partition coefficient (Wildman–Crippen LogP) is 3.14. The van der Waals surface area contributed by atoms with Crippen molar-refractivity contribution >= 4 is 5.91 Å². The Morgan fingerprint density at radius 1 is 1.10 bits per heavy atom. The number of hydrogen-bond acceptors (Lipinski definition) is 6. The summed E-state index contributed by atoms with van der Waals surface area (Å²) < 4.78 is 31.8. The van der Waals surface area contributed by atoms with Crippen molar-refractivity contribution in [1.29, 1.82) is 0 Å². The highest BCUT2D eigenvalue weighted by molar-refractivity contribution is 5.96. The molecule has 1 saturated heterocycles. The number of pyridine rings is 2. The van der Waals surface area contributed by atoms with Crippen molar-refractivity contribution < 1.29 is 18.1 Å². The highest BCUT2D eigenvalue weighted by atomic mass is 19.1. The molecule has 0 saturated carbocycles. The number of rotatable bonds is 2. The molecule has 0 radical (unpaired) electrons. The van der Waals surface area contributed by atoms with E-state index < -0.39 is 11.8 Å². The van der Waals surface area contributed by atoms with E-state index in [-0.39, 0.29) is 23.8 Å². The van der Waals surface area contributed by atoms with Gasteiger partial charge in [-0.1, -0.05) is 5.16 Å². The monoisotopic (exact) mass is 397 g/mol. The van der Waals surface area contributed by atoms with Crippen molar-refractivity contribution in [2.24, 2.45) is 0 Å². The zero-order valence-corrected chi connectivity index (χ0v) is 15.4. The lowest BCUT2D eigenvalue weighted by molar-refractivity contribution is 0.0582. The van der Waals surface area contributed by atoms with E-state index in [4.69, 9.17) is 4.52 Å². The Hall–Kier alpha value is -3.23. The topological polar surface area (TPSA) is 85.0 Å². The smallest absolute Gasteiger partial charge is 0.276 e. The summed E-state index contributed by atoms with van der Waals surface area (Å²) in [6.07, 6.45) is 5.47. The minimum atomic E-state index is -0.567. The van der Waals surface area contributed by atoms with Gasteiger partial charge in [-0.3, -0.25) is 4.79 Å². The normalized spacial score (nSPS) is 21.4. The van der Waals surface area contributed by atoms with Gasteiger partial charge in [-0.15, -0.1) is 0 Å². The lowest BCUT2D eigenvalue weighted by Gasteiger charge is -2.37. The fraction of sp³-hybridized carbons (Fsp3) is 0.350. The van der Waals surface area contributed by atoms with Crippen molar-refractivity contribution in [1.82, 2.24) is 25.0 Å². The van der Waals surface area contributed by atoms with Gasteiger partial charge in [-0.25, -0.2) is 14.4 Å². The van der Waals surface area contributed by atoms with E-state index in [9.17, 15) is 13.6 Å². The van der Waals surface area contributed by atoms with E-state index in [0.717, 1.165) is 25.5 Å². The largest absolute Gasteiger partial charge is 0.335 e. The summed E-state index contributed by atoms with van der Waals surface area (Å²) in [5.74, 6) is -0.510. The van der Waals surface area contributed by atoms with Gasteiger partial charge in [0.25, 0.3) is 11.8 Å². The molecule has 3 aromatic rings. The predicted molar refractivity (Wildman–Crippen MR) is 96.8 cm³/mol. The third-order valence-electron chi connectivity index (χ3n) is 5.65. The Bertz CT molecular complexity index is 1070. The summed E-state index contributed by atoms with van der Waals surface area (Å²) in [6.45, 7) is 0.455. The molecule has 9 heteroatoms. The standard InChI is InChI=1S/C20H17F2N5O2/c21-13-3-6-16(23-8-13)19-25-18(26-29-19)12-2-5-14-4-1-11-7-17(22)24-9-15(11)20(28)27(14)10-12/h3,6-9,12,14H,1-2,4-5,10H2/t12-,14+/m1/s1. The summed E-state index contributed by atoms with van der Waals surface area (Å²) in [4.78, 5) is 26.9. The molecule has 5 rings (SSSR count). The summed E-state index contributed by atoms with van der Waals surface area (Å²) >= 11 is 0. The van der Waals surface area contributed by atoms with E-state index in [1.807, 2.05) is 4.90 Å². The zero-order valence-electron chi connectivity index (χ0n) is 15.4. The SMILES string of the molecule is O=C1c2cnc(F)cc2CC[C@H]2CC[C@@H](c3noc(-c4ccc(F)cn4)n3)CN12. The molecule has 2 aliphatic rings. The van der Waals surface area contributed by atoms with Crippen molar-refractivity contribution in [2.45, 2.75) is 37.6 Å². The molecule has 29 heavy (non-hydrogen) atoms. The fourth-order valence-corrected chi connectivity index (χ4v) is 4.14. The van der Waals surface area contributed by atoms with Gasteiger partial charge in [-0.2, -0.15) is 9.37 Å². The molecular weight excluding hydrogens is 380 g/mol. The second-order valence-electron chi connectivity index (χ2n) is 7.41. The van der Waals surface area contributed by atoms with Crippen LogP contribution in [0.3, 0.4) is 0 Å². The maximum absolute atomic E-state index is 13.5. The summed E-state index contributed by atoms with van der Waals surface area (Å²) in [6, 6.07) is 4.20. The van der Waals surface area contributed by atoms with Gasteiger partial charge in [0.15, 0.2) is 5.82 Å². The molecule has 148 valence electrons. The molecule has 2 atom stereocenters. The lowest BCUT2D eigenvalue weighted by atomic mass is 9.90. The molecule has 0 bridgehead atoms. The van der Waals surface area contributed by atoms with Gasteiger partial charge in [0.05, 0.1) is 11.8 Å². The first-order valence-electron chi connectivity index (χ1n) is 9.49. The molecule has 7 nitrogen and oxygen atoms in total. The number of amides is 1. The van der Waals surface area contributed by atoms with Crippen molar-refractivity contribution in [3.8, 4) is 11.6 Å². The van der Waals surface area contributed by atoms with Crippen molar-refractivity contribution in [3.63, 3.8) is 0 Å². The molecule has 0 N–H and O–H groups in total. The van der Waals surface area contributed by atoms with Crippen LogP contribution < -0.4 is 0 Å². The van der Waals surface area contributed by atoms with Crippen LogP contribution in [-0.4, -0.2) is 43.5 Å². The average Bonchev–Trinajstić information content (AvgIpc) is 3.18. The summed E-state index contributed by atoms with van der Waals surface area (Å²) in [7, 11) is 0. The van der Waals surface area contributed by atoms with E-state index in [2.05, 4.69) is 20.1 Å². The summed E-state index contributed by atoms with van der Waals surface area (Å²) in [5.41, 5.74) is 1.56. The molecule has 0 aliphatic carbocycles. The van der Waals surface area contributed by atoms with Crippen LogP contribution in [0.25, 0.3) is 11.6 Å². The van der Waals surface area contributed by atoms with Crippen LogP contribution in [0.15, 0.2) is 35.1 Å². The van der Waals surface area contributed by atoms with Crippen LogP contribution >= 0.6 is 0 Å². The third-order valence-corrected chi connectivity index (χ3v) is 5.65. The lowest BCUT2D eigenvalue weighted by Crippen LogP contribution is -2.45. The van der Waals surface area contributed by atoms with E-state index in [0.29, 0.717) is 35.6 Å². The first-order chi connectivity index (χ1) is 14.1. The molecule has 0 unspecified atom stereocenters. The number of carbonyl (C=O) groups is 1. The Kier molecular flexibility index (Phi) is 4.30. The number of piperidine rings is 1. The third kappa shape index (κ3) is 3.26. The molecule has 1 amide bonds. The highest BCUT2D eigenvalue weighted by Crippen LogP contribution is 2.34. The number of aromatic nitrogens is 4. The Balaban J connectivity index is 1.39. The second-order valence-corrected chi connectivity index (χ2v) is 7.41. The molecule has 2 aliphatic heterocycles. The Morgan fingerprint density at radius 2 is 2.00 bits per heavy atom. The maximum Gasteiger partial charge on any atom is 0.276 e. The Morgan fingerprint density at radius 3 is 2.83 bits per heavy atom. The number of halogens is 2. The molecule has 0 spiro atoms. The number of carbonyl (C=O) groups excluding carboxylic acids is 1. The van der Waals surface area contributed by atoms with Crippen LogP contribution in [0.5, 0.6) is 0 Å². The van der Waals surface area contributed by atoms with Gasteiger partial charge in [0.1, 0.15) is 11.5 Å². The first kappa shape index (κ1) is 17.8. The first-order valence-corrected chi connectivity index (χ1v) is 9.49. The van der Waals surface area contributed by atoms with Gasteiger partial charge in [0, 0.05) is 24.7 Å². The average molecular weight is 397 g/mol.